The number of carbonyl (C=O) groups excluding carboxylic acids is 3. The summed E-state index contributed by atoms with van der Waals surface area (Å²) in [6.07, 6.45) is -1.01. The second kappa shape index (κ2) is 9.47. The second-order valence-corrected chi connectivity index (χ2v) is 5.65. The predicted octanol–water partition coefficient (Wildman–Crippen LogP) is 2.77. The molecule has 2 aromatic rings. The molecule has 0 fully saturated rings. The Balaban J connectivity index is 1.85. The van der Waals surface area contributed by atoms with Crippen molar-refractivity contribution < 1.29 is 28.2 Å². The molecule has 0 heterocycles. The monoisotopic (exact) mass is 373 g/mol. The summed E-state index contributed by atoms with van der Waals surface area (Å²) in [6, 6.07) is 11.6. The number of ketones is 1. The van der Waals surface area contributed by atoms with Crippen LogP contribution in [0, 0.1) is 5.82 Å². The summed E-state index contributed by atoms with van der Waals surface area (Å²) in [5, 5.41) is 2.32. The van der Waals surface area contributed by atoms with Crippen molar-refractivity contribution in [2.24, 2.45) is 0 Å². The Hall–Kier alpha value is -3.22. The number of nitrogens with one attached hydrogen (secondary N) is 1. The Morgan fingerprint density at radius 1 is 1.07 bits per heavy atom. The quantitative estimate of drug-likeness (QED) is 0.568. The maximum atomic E-state index is 13.1. The van der Waals surface area contributed by atoms with Crippen LogP contribution in [0.5, 0.6) is 5.75 Å². The zero-order chi connectivity index (χ0) is 19.8. The van der Waals surface area contributed by atoms with Crippen LogP contribution in [0.1, 0.15) is 34.6 Å². The van der Waals surface area contributed by atoms with E-state index in [0.29, 0.717) is 17.9 Å². The molecule has 1 atom stereocenters. The lowest BCUT2D eigenvalue weighted by molar-refractivity contribution is -0.145. The molecule has 0 aliphatic carbocycles. The first-order valence-electron chi connectivity index (χ1n) is 8.41. The number of ether oxygens (including phenoxy) is 2. The highest BCUT2D eigenvalue weighted by Crippen LogP contribution is 2.14. The predicted molar refractivity (Wildman–Crippen MR) is 96.2 cm³/mol. The van der Waals surface area contributed by atoms with Gasteiger partial charge in [0.2, 0.25) is 5.78 Å². The van der Waals surface area contributed by atoms with E-state index in [4.69, 9.17) is 9.47 Å². The molecule has 0 spiro atoms. The highest BCUT2D eigenvalue weighted by Gasteiger charge is 2.20. The fourth-order valence-corrected chi connectivity index (χ4v) is 2.29. The summed E-state index contributed by atoms with van der Waals surface area (Å²) in [6.45, 7) is 3.39. The molecule has 6 nitrogen and oxygen atoms in total. The van der Waals surface area contributed by atoms with Gasteiger partial charge in [-0.25, -0.2) is 4.39 Å². The van der Waals surface area contributed by atoms with Crippen LogP contribution in [-0.4, -0.2) is 36.9 Å². The van der Waals surface area contributed by atoms with E-state index in [9.17, 15) is 18.8 Å². The zero-order valence-corrected chi connectivity index (χ0v) is 15.0. The molecule has 142 valence electrons. The van der Waals surface area contributed by atoms with E-state index < -0.39 is 30.3 Å². The standard InChI is InChI=1S/C20H20FNO5/c1-3-26-17-9-7-14(8-10-17)19(24)13(2)27-18(23)12-22-20(25)15-5-4-6-16(21)11-15/h4-11,13H,3,12H2,1-2H3,(H,22,25)/t13-/m0/s1. The van der Waals surface area contributed by atoms with Gasteiger partial charge in [0.25, 0.3) is 5.91 Å². The molecule has 2 rings (SSSR count). The van der Waals surface area contributed by atoms with Gasteiger partial charge in [-0.1, -0.05) is 6.07 Å². The van der Waals surface area contributed by atoms with E-state index in [-0.39, 0.29) is 11.3 Å². The third-order valence-electron chi connectivity index (χ3n) is 3.61. The van der Waals surface area contributed by atoms with Gasteiger partial charge < -0.3 is 14.8 Å². The number of halogens is 1. The fourth-order valence-electron chi connectivity index (χ4n) is 2.29. The number of benzene rings is 2. The van der Waals surface area contributed by atoms with E-state index in [0.717, 1.165) is 6.07 Å². The first kappa shape index (κ1) is 20.1. The van der Waals surface area contributed by atoms with Crippen molar-refractivity contribution in [2.45, 2.75) is 20.0 Å². The topological polar surface area (TPSA) is 81.7 Å². The van der Waals surface area contributed by atoms with Crippen LogP contribution in [0.25, 0.3) is 0 Å². The molecule has 0 aromatic heterocycles. The van der Waals surface area contributed by atoms with E-state index in [1.807, 2.05) is 6.92 Å². The normalized spacial score (nSPS) is 11.4. The molecule has 0 bridgehead atoms. The summed E-state index contributed by atoms with van der Waals surface area (Å²) >= 11 is 0. The maximum absolute atomic E-state index is 13.1. The van der Waals surface area contributed by atoms with Crippen LogP contribution in [0.4, 0.5) is 4.39 Å². The van der Waals surface area contributed by atoms with Gasteiger partial charge in [0.1, 0.15) is 18.1 Å². The van der Waals surface area contributed by atoms with E-state index in [1.54, 1.807) is 24.3 Å². The van der Waals surface area contributed by atoms with Gasteiger partial charge in [-0.15, -0.1) is 0 Å². The molecule has 1 N–H and O–H groups in total. The van der Waals surface area contributed by atoms with Crippen LogP contribution in [-0.2, 0) is 9.53 Å². The molecule has 0 aliphatic heterocycles. The minimum atomic E-state index is -1.01. The van der Waals surface area contributed by atoms with Gasteiger partial charge in [0.05, 0.1) is 6.61 Å². The molecule has 0 unspecified atom stereocenters. The third-order valence-corrected chi connectivity index (χ3v) is 3.61. The van der Waals surface area contributed by atoms with E-state index in [2.05, 4.69) is 5.32 Å². The molecule has 1 amide bonds. The lowest BCUT2D eigenvalue weighted by Crippen LogP contribution is -2.34. The van der Waals surface area contributed by atoms with Gasteiger partial charge in [-0.3, -0.25) is 14.4 Å². The number of Topliss-reactive ketones (excluding diaryl/α,β-unsaturated/α-hetero) is 1. The van der Waals surface area contributed by atoms with Crippen molar-refractivity contribution in [3.05, 3.63) is 65.5 Å². The van der Waals surface area contributed by atoms with Crippen molar-refractivity contribution >= 4 is 17.7 Å². The number of hydrogen-bond acceptors (Lipinski definition) is 5. The lowest BCUT2D eigenvalue weighted by atomic mass is 10.1. The van der Waals surface area contributed by atoms with Crippen molar-refractivity contribution in [2.75, 3.05) is 13.2 Å². The molecular formula is C20H20FNO5. The molecule has 0 aliphatic rings. The number of carbonyl (C=O) groups is 3. The Morgan fingerprint density at radius 2 is 1.78 bits per heavy atom. The van der Waals surface area contributed by atoms with Crippen LogP contribution >= 0.6 is 0 Å². The average molecular weight is 373 g/mol. The first-order chi connectivity index (χ1) is 12.9. The van der Waals surface area contributed by atoms with Crippen LogP contribution in [0.15, 0.2) is 48.5 Å². The molecule has 0 saturated heterocycles. The van der Waals surface area contributed by atoms with E-state index in [1.165, 1.54) is 25.1 Å². The Morgan fingerprint density at radius 3 is 2.41 bits per heavy atom. The Labute approximate surface area is 156 Å². The van der Waals surface area contributed by atoms with Crippen LogP contribution < -0.4 is 10.1 Å². The van der Waals surface area contributed by atoms with Crippen molar-refractivity contribution in [1.29, 1.82) is 0 Å². The highest BCUT2D eigenvalue weighted by atomic mass is 19.1. The number of rotatable bonds is 8. The minimum Gasteiger partial charge on any atom is -0.494 e. The zero-order valence-electron chi connectivity index (χ0n) is 15.0. The third kappa shape index (κ3) is 5.91. The summed E-state index contributed by atoms with van der Waals surface area (Å²) in [5.41, 5.74) is 0.462. The smallest absolute Gasteiger partial charge is 0.326 e. The molecule has 27 heavy (non-hydrogen) atoms. The molecule has 0 saturated carbocycles. The molecule has 2 aromatic carbocycles. The van der Waals surface area contributed by atoms with Crippen molar-refractivity contribution in [3.8, 4) is 5.75 Å². The first-order valence-corrected chi connectivity index (χ1v) is 8.41. The van der Waals surface area contributed by atoms with Gasteiger partial charge in [0, 0.05) is 11.1 Å². The summed E-state index contributed by atoms with van der Waals surface area (Å²) in [4.78, 5) is 36.0. The van der Waals surface area contributed by atoms with Gasteiger partial charge >= 0.3 is 5.97 Å². The lowest BCUT2D eigenvalue weighted by Gasteiger charge is -2.13. The fraction of sp³-hybridized carbons (Fsp3) is 0.250. The number of esters is 1. The van der Waals surface area contributed by atoms with Crippen LogP contribution in [0.2, 0.25) is 0 Å². The molecule has 7 heteroatoms. The number of hydrogen-bond donors (Lipinski definition) is 1. The minimum absolute atomic E-state index is 0.0845. The van der Waals surface area contributed by atoms with Crippen molar-refractivity contribution in [3.63, 3.8) is 0 Å². The summed E-state index contributed by atoms with van der Waals surface area (Å²) in [7, 11) is 0. The Kier molecular flexibility index (Phi) is 7.05. The van der Waals surface area contributed by atoms with Gasteiger partial charge in [0.15, 0.2) is 6.10 Å². The van der Waals surface area contributed by atoms with Gasteiger partial charge in [-0.2, -0.15) is 0 Å². The van der Waals surface area contributed by atoms with Gasteiger partial charge in [-0.05, 0) is 56.3 Å². The summed E-state index contributed by atoms with van der Waals surface area (Å²) < 4.78 is 23.4. The second-order valence-electron chi connectivity index (χ2n) is 5.65. The van der Waals surface area contributed by atoms with Crippen molar-refractivity contribution in [1.82, 2.24) is 5.32 Å². The average Bonchev–Trinajstić information content (AvgIpc) is 2.66. The SMILES string of the molecule is CCOc1ccc(C(=O)[C@H](C)OC(=O)CNC(=O)c2cccc(F)c2)cc1. The van der Waals surface area contributed by atoms with E-state index >= 15 is 0 Å². The largest absolute Gasteiger partial charge is 0.494 e. The molecule has 0 radical (unpaired) electrons. The Bertz CT molecular complexity index is 819. The maximum Gasteiger partial charge on any atom is 0.326 e. The molecular weight excluding hydrogens is 353 g/mol. The van der Waals surface area contributed by atoms with Crippen LogP contribution in [0.3, 0.4) is 0 Å². The highest BCUT2D eigenvalue weighted by molar-refractivity contribution is 6.00. The summed E-state index contributed by atoms with van der Waals surface area (Å²) in [5.74, 6) is -1.68. The number of amides is 1.